The first-order valence-electron chi connectivity index (χ1n) is 8.55. The fourth-order valence-electron chi connectivity index (χ4n) is 3.54. The van der Waals surface area contributed by atoms with E-state index >= 15 is 0 Å². The average Bonchev–Trinajstić information content (AvgIpc) is 3.00. The topological polar surface area (TPSA) is 67.5 Å². The Morgan fingerprint density at radius 3 is 2.65 bits per heavy atom. The highest BCUT2D eigenvalue weighted by molar-refractivity contribution is 5.94. The van der Waals surface area contributed by atoms with Crippen molar-refractivity contribution in [2.24, 2.45) is 0 Å². The van der Waals surface area contributed by atoms with E-state index < -0.39 is 5.97 Å². The molecule has 0 amide bonds. The minimum absolute atomic E-state index is 0.0915. The number of aryl methyl sites for hydroxylation is 2. The number of carbonyl (C=O) groups is 1. The molecular formula is C22H18O4. The van der Waals surface area contributed by atoms with Crippen LogP contribution in [-0.2, 0) is 6.42 Å². The summed E-state index contributed by atoms with van der Waals surface area (Å²) in [6.45, 7) is 4.13. The fourth-order valence-corrected chi connectivity index (χ4v) is 3.54. The Kier molecular flexibility index (Phi) is 3.76. The summed E-state index contributed by atoms with van der Waals surface area (Å²) in [7, 11) is 0. The molecule has 1 heterocycles. The summed E-state index contributed by atoms with van der Waals surface area (Å²) in [5.41, 5.74) is 5.53. The van der Waals surface area contributed by atoms with Gasteiger partial charge in [-0.25, -0.2) is 4.79 Å². The molecule has 130 valence electrons. The van der Waals surface area contributed by atoms with E-state index in [-0.39, 0.29) is 11.0 Å². The summed E-state index contributed by atoms with van der Waals surface area (Å²) >= 11 is 0. The van der Waals surface area contributed by atoms with Crippen LogP contribution in [0.1, 0.15) is 44.8 Å². The number of hydrogen-bond donors (Lipinski definition) is 1. The van der Waals surface area contributed by atoms with Gasteiger partial charge in [-0.1, -0.05) is 23.8 Å². The molecule has 3 aromatic rings. The van der Waals surface area contributed by atoms with E-state index in [9.17, 15) is 9.59 Å². The summed E-state index contributed by atoms with van der Waals surface area (Å²) < 4.78 is 6.01. The van der Waals surface area contributed by atoms with Gasteiger partial charge in [0.15, 0.2) is 5.43 Å². The zero-order chi connectivity index (χ0) is 18.4. The van der Waals surface area contributed by atoms with Gasteiger partial charge in [0, 0.05) is 5.56 Å². The SMILES string of the molecule is Cc1ccc(C=C2CCc3c2oc2ccc(C(=O)O)cc2c3=O)c(C)c1. The number of carboxylic acid groups (broad SMARTS) is 1. The number of allylic oxidation sites excluding steroid dienone is 1. The predicted octanol–water partition coefficient (Wildman–Crippen LogP) is 4.59. The largest absolute Gasteiger partial charge is 0.478 e. The van der Waals surface area contributed by atoms with Crippen LogP contribution in [0, 0.1) is 13.8 Å². The van der Waals surface area contributed by atoms with Gasteiger partial charge in [-0.15, -0.1) is 0 Å². The molecule has 1 N–H and O–H groups in total. The lowest BCUT2D eigenvalue weighted by Crippen LogP contribution is -2.09. The molecule has 4 nitrogen and oxygen atoms in total. The lowest BCUT2D eigenvalue weighted by molar-refractivity contribution is 0.0697. The Labute approximate surface area is 150 Å². The smallest absolute Gasteiger partial charge is 0.335 e. The van der Waals surface area contributed by atoms with Crippen LogP contribution in [0.4, 0.5) is 0 Å². The number of carboxylic acids is 1. The van der Waals surface area contributed by atoms with Crippen molar-refractivity contribution >= 4 is 28.6 Å². The summed E-state index contributed by atoms with van der Waals surface area (Å²) in [6, 6.07) is 10.7. The van der Waals surface area contributed by atoms with Crippen LogP contribution in [0.5, 0.6) is 0 Å². The van der Waals surface area contributed by atoms with Crippen LogP contribution in [0.15, 0.2) is 45.6 Å². The van der Waals surface area contributed by atoms with E-state index in [0.717, 1.165) is 17.6 Å². The first-order valence-corrected chi connectivity index (χ1v) is 8.55. The van der Waals surface area contributed by atoms with E-state index in [1.165, 1.54) is 23.3 Å². The van der Waals surface area contributed by atoms with Gasteiger partial charge in [0.1, 0.15) is 11.3 Å². The minimum atomic E-state index is -1.05. The molecule has 0 spiro atoms. The van der Waals surface area contributed by atoms with Crippen LogP contribution < -0.4 is 5.43 Å². The van der Waals surface area contributed by atoms with Crippen LogP contribution in [0.25, 0.3) is 22.6 Å². The second-order valence-electron chi connectivity index (χ2n) is 6.78. The van der Waals surface area contributed by atoms with Crippen molar-refractivity contribution in [2.75, 3.05) is 0 Å². The number of aromatic carboxylic acids is 1. The third kappa shape index (κ3) is 2.64. The molecule has 26 heavy (non-hydrogen) atoms. The molecule has 0 unspecified atom stereocenters. The second-order valence-corrected chi connectivity index (χ2v) is 6.78. The van der Waals surface area contributed by atoms with E-state index in [0.29, 0.717) is 28.7 Å². The van der Waals surface area contributed by atoms with Gasteiger partial charge in [0.25, 0.3) is 0 Å². The maximum absolute atomic E-state index is 12.8. The molecule has 4 heteroatoms. The molecule has 0 saturated heterocycles. The molecule has 1 aliphatic carbocycles. The maximum atomic E-state index is 12.8. The van der Waals surface area contributed by atoms with Gasteiger partial charge in [-0.3, -0.25) is 4.79 Å². The zero-order valence-corrected chi connectivity index (χ0v) is 14.6. The molecule has 4 rings (SSSR count). The van der Waals surface area contributed by atoms with Gasteiger partial charge in [-0.05, 0) is 67.7 Å². The highest BCUT2D eigenvalue weighted by atomic mass is 16.4. The fraction of sp³-hybridized carbons (Fsp3) is 0.182. The van der Waals surface area contributed by atoms with Crippen molar-refractivity contribution in [1.82, 2.24) is 0 Å². The van der Waals surface area contributed by atoms with Gasteiger partial charge < -0.3 is 9.52 Å². The van der Waals surface area contributed by atoms with Crippen LogP contribution in [0.3, 0.4) is 0 Å². The molecule has 0 aliphatic heterocycles. The first-order chi connectivity index (χ1) is 12.4. The monoisotopic (exact) mass is 346 g/mol. The summed E-state index contributed by atoms with van der Waals surface area (Å²) in [5, 5.41) is 9.47. The highest BCUT2D eigenvalue weighted by Gasteiger charge is 2.24. The normalized spacial score (nSPS) is 14.8. The van der Waals surface area contributed by atoms with Crippen molar-refractivity contribution < 1.29 is 14.3 Å². The molecule has 0 bridgehead atoms. The van der Waals surface area contributed by atoms with Crippen molar-refractivity contribution in [3.05, 3.63) is 80.2 Å². The van der Waals surface area contributed by atoms with Crippen molar-refractivity contribution in [2.45, 2.75) is 26.7 Å². The van der Waals surface area contributed by atoms with Crippen LogP contribution in [-0.4, -0.2) is 11.1 Å². The third-order valence-corrected chi connectivity index (χ3v) is 4.92. The summed E-state index contributed by atoms with van der Waals surface area (Å²) in [6.07, 6.45) is 3.44. The van der Waals surface area contributed by atoms with Gasteiger partial charge >= 0.3 is 5.97 Å². The van der Waals surface area contributed by atoms with E-state index in [4.69, 9.17) is 9.52 Å². The van der Waals surface area contributed by atoms with Gasteiger partial charge in [0.05, 0.1) is 10.9 Å². The molecular weight excluding hydrogens is 328 g/mol. The number of fused-ring (bicyclic) bond motifs is 2. The van der Waals surface area contributed by atoms with Crippen molar-refractivity contribution in [3.8, 4) is 0 Å². The van der Waals surface area contributed by atoms with Gasteiger partial charge in [-0.2, -0.15) is 0 Å². The molecule has 0 saturated carbocycles. The first kappa shape index (κ1) is 16.3. The standard InChI is InChI=1S/C22H18O4/c1-12-3-4-14(13(2)9-12)10-15-5-7-17-20(23)18-11-16(22(24)25)6-8-19(18)26-21(15)17/h3-4,6,8-11H,5,7H2,1-2H3,(H,24,25). The quantitative estimate of drug-likeness (QED) is 0.737. The Bertz CT molecular complexity index is 1150. The molecule has 0 radical (unpaired) electrons. The van der Waals surface area contributed by atoms with Crippen molar-refractivity contribution in [3.63, 3.8) is 0 Å². The number of hydrogen-bond acceptors (Lipinski definition) is 3. The average molecular weight is 346 g/mol. The second kappa shape index (κ2) is 5.99. The lowest BCUT2D eigenvalue weighted by Gasteiger charge is -2.06. The van der Waals surface area contributed by atoms with Crippen LogP contribution in [0.2, 0.25) is 0 Å². The Morgan fingerprint density at radius 2 is 1.92 bits per heavy atom. The van der Waals surface area contributed by atoms with E-state index in [2.05, 4.69) is 38.1 Å². The molecule has 1 aliphatic rings. The summed E-state index contributed by atoms with van der Waals surface area (Å²) in [4.78, 5) is 24.0. The Hall–Kier alpha value is -3.14. The van der Waals surface area contributed by atoms with Crippen molar-refractivity contribution in [1.29, 1.82) is 0 Å². The number of rotatable bonds is 2. The van der Waals surface area contributed by atoms with E-state index in [1.54, 1.807) is 6.07 Å². The van der Waals surface area contributed by atoms with Crippen LogP contribution >= 0.6 is 0 Å². The zero-order valence-electron chi connectivity index (χ0n) is 14.6. The van der Waals surface area contributed by atoms with Gasteiger partial charge in [0.2, 0.25) is 0 Å². The third-order valence-electron chi connectivity index (χ3n) is 4.92. The Balaban J connectivity index is 1.88. The maximum Gasteiger partial charge on any atom is 0.335 e. The predicted molar refractivity (Wildman–Crippen MR) is 102 cm³/mol. The lowest BCUT2D eigenvalue weighted by atomic mass is 10.0. The molecule has 0 atom stereocenters. The van der Waals surface area contributed by atoms with E-state index in [1.807, 2.05) is 0 Å². The summed E-state index contributed by atoms with van der Waals surface area (Å²) in [5.74, 6) is -0.423. The Morgan fingerprint density at radius 1 is 1.12 bits per heavy atom. The number of benzene rings is 2. The molecule has 0 fully saturated rings. The highest BCUT2D eigenvalue weighted by Crippen LogP contribution is 2.34. The minimum Gasteiger partial charge on any atom is -0.478 e. The molecule has 2 aromatic carbocycles. The molecule has 1 aromatic heterocycles.